The van der Waals surface area contributed by atoms with Gasteiger partial charge in [-0.05, 0) is 61.6 Å². The molecule has 3 aromatic rings. The second-order valence-corrected chi connectivity index (χ2v) is 8.95. The van der Waals surface area contributed by atoms with Gasteiger partial charge in [0.15, 0.2) is 5.11 Å². The van der Waals surface area contributed by atoms with Crippen molar-refractivity contribution in [3.05, 3.63) is 66.7 Å². The summed E-state index contributed by atoms with van der Waals surface area (Å²) in [5, 5.41) is 9.31. The molecule has 0 saturated carbocycles. The molecule has 0 radical (unpaired) electrons. The molecule has 1 atom stereocenters. The molecule has 0 bridgehead atoms. The molecule has 0 spiro atoms. The van der Waals surface area contributed by atoms with Gasteiger partial charge < -0.3 is 30.2 Å². The van der Waals surface area contributed by atoms with E-state index in [0.717, 1.165) is 16.3 Å². The van der Waals surface area contributed by atoms with E-state index < -0.39 is 0 Å². The largest absolute Gasteiger partial charge is 0.497 e. The van der Waals surface area contributed by atoms with E-state index in [9.17, 15) is 4.79 Å². The lowest BCUT2D eigenvalue weighted by atomic mass is 10.2. The van der Waals surface area contributed by atoms with E-state index in [1.54, 1.807) is 39.5 Å². The predicted molar refractivity (Wildman–Crippen MR) is 143 cm³/mol. The Morgan fingerprint density at radius 2 is 1.56 bits per heavy atom. The third-order valence-electron chi connectivity index (χ3n) is 4.79. The molecule has 0 heterocycles. The maximum absolute atomic E-state index is 12.8. The quantitative estimate of drug-likeness (QED) is 0.259. The van der Waals surface area contributed by atoms with Gasteiger partial charge in [0.25, 0.3) is 0 Å². The van der Waals surface area contributed by atoms with Gasteiger partial charge in [-0.2, -0.15) is 0 Å². The second-order valence-electron chi connectivity index (χ2n) is 7.12. The molecule has 0 aromatic heterocycles. The van der Waals surface area contributed by atoms with Gasteiger partial charge in [0, 0.05) is 16.6 Å². The fourth-order valence-electron chi connectivity index (χ4n) is 3.08. The molecule has 178 valence electrons. The lowest BCUT2D eigenvalue weighted by Crippen LogP contribution is -2.22. The molecule has 0 saturated heterocycles. The van der Waals surface area contributed by atoms with E-state index in [2.05, 4.69) is 16.0 Å². The van der Waals surface area contributed by atoms with Crippen LogP contribution in [0.4, 0.5) is 17.1 Å². The van der Waals surface area contributed by atoms with Crippen molar-refractivity contribution in [2.45, 2.75) is 17.1 Å². The highest BCUT2D eigenvalue weighted by molar-refractivity contribution is 8.00. The molecule has 1 amide bonds. The Kier molecular flexibility index (Phi) is 9.00. The number of hydrogen-bond donors (Lipinski definition) is 3. The summed E-state index contributed by atoms with van der Waals surface area (Å²) in [6.07, 6.45) is 0. The van der Waals surface area contributed by atoms with Crippen LogP contribution in [0.25, 0.3) is 0 Å². The number of para-hydroxylation sites is 2. The first kappa shape index (κ1) is 25.2. The molecule has 0 fully saturated rings. The van der Waals surface area contributed by atoms with Crippen LogP contribution < -0.4 is 30.2 Å². The van der Waals surface area contributed by atoms with Gasteiger partial charge in [-0.1, -0.05) is 18.2 Å². The zero-order valence-electron chi connectivity index (χ0n) is 19.4. The Balaban J connectivity index is 1.62. The number of rotatable bonds is 9. The predicted octanol–water partition coefficient (Wildman–Crippen LogP) is 5.64. The summed E-state index contributed by atoms with van der Waals surface area (Å²) in [6, 6.07) is 20.5. The summed E-state index contributed by atoms with van der Waals surface area (Å²) in [6.45, 7) is 1.85. The fourth-order valence-corrected chi connectivity index (χ4v) is 4.24. The Bertz CT molecular complexity index is 1160. The van der Waals surface area contributed by atoms with Crippen LogP contribution in [-0.2, 0) is 4.79 Å². The minimum atomic E-state index is -0.357. The lowest BCUT2D eigenvalue weighted by Gasteiger charge is -2.16. The van der Waals surface area contributed by atoms with Crippen LogP contribution in [0.1, 0.15) is 6.92 Å². The summed E-state index contributed by atoms with van der Waals surface area (Å²) in [5.41, 5.74) is 2.13. The second kappa shape index (κ2) is 12.2. The SMILES string of the molecule is COc1ccc(OC)c(NC(=O)C(C)Sc2cccc(NC(=S)Nc3ccccc3OC)c2)c1. The molecule has 3 N–H and O–H groups in total. The molecule has 3 rings (SSSR count). The summed E-state index contributed by atoms with van der Waals surface area (Å²) in [4.78, 5) is 13.7. The first-order chi connectivity index (χ1) is 16.4. The summed E-state index contributed by atoms with van der Waals surface area (Å²) in [5.74, 6) is 1.74. The van der Waals surface area contributed by atoms with E-state index in [0.29, 0.717) is 28.0 Å². The third-order valence-corrected chi connectivity index (χ3v) is 6.09. The van der Waals surface area contributed by atoms with Gasteiger partial charge in [-0.15, -0.1) is 11.8 Å². The first-order valence-electron chi connectivity index (χ1n) is 10.4. The van der Waals surface area contributed by atoms with E-state index in [1.807, 2.05) is 55.5 Å². The lowest BCUT2D eigenvalue weighted by molar-refractivity contribution is -0.115. The van der Waals surface area contributed by atoms with Crippen molar-refractivity contribution in [3.63, 3.8) is 0 Å². The highest BCUT2D eigenvalue weighted by atomic mass is 32.2. The van der Waals surface area contributed by atoms with Gasteiger partial charge in [0.05, 0.1) is 38.0 Å². The molecular formula is C25H27N3O4S2. The minimum Gasteiger partial charge on any atom is -0.497 e. The zero-order valence-corrected chi connectivity index (χ0v) is 21.0. The van der Waals surface area contributed by atoms with E-state index in [1.165, 1.54) is 11.8 Å². The number of ether oxygens (including phenoxy) is 3. The minimum absolute atomic E-state index is 0.150. The summed E-state index contributed by atoms with van der Waals surface area (Å²) in [7, 11) is 4.74. The molecule has 34 heavy (non-hydrogen) atoms. The molecule has 0 aliphatic heterocycles. The number of carbonyl (C=O) groups excluding carboxylic acids is 1. The van der Waals surface area contributed by atoms with E-state index in [4.69, 9.17) is 26.4 Å². The van der Waals surface area contributed by atoms with Gasteiger partial charge in [0.2, 0.25) is 5.91 Å². The monoisotopic (exact) mass is 497 g/mol. The summed E-state index contributed by atoms with van der Waals surface area (Å²) >= 11 is 6.88. The number of amides is 1. The molecule has 0 aliphatic rings. The van der Waals surface area contributed by atoms with Gasteiger partial charge in [0.1, 0.15) is 17.2 Å². The number of hydrogen-bond acceptors (Lipinski definition) is 6. The Hall–Kier alpha value is -3.43. The number of carbonyl (C=O) groups is 1. The van der Waals surface area contributed by atoms with Crippen molar-refractivity contribution in [2.75, 3.05) is 37.3 Å². The average molecular weight is 498 g/mol. The van der Waals surface area contributed by atoms with Crippen LogP contribution in [0.5, 0.6) is 17.2 Å². The van der Waals surface area contributed by atoms with Crippen molar-refractivity contribution in [3.8, 4) is 17.2 Å². The number of benzene rings is 3. The van der Waals surface area contributed by atoms with E-state index in [-0.39, 0.29) is 11.2 Å². The standard InChI is InChI=1S/C25H27N3O4S2/c1-16(24(29)27-21-15-18(30-2)12-13-23(21)32-4)34-19-9-7-8-17(14-19)26-25(33)28-20-10-5-6-11-22(20)31-3/h5-16H,1-4H3,(H,27,29)(H2,26,28,33). The van der Waals surface area contributed by atoms with Crippen LogP contribution in [0.15, 0.2) is 71.6 Å². The van der Waals surface area contributed by atoms with Gasteiger partial charge in [-0.3, -0.25) is 4.79 Å². The Morgan fingerprint density at radius 3 is 2.29 bits per heavy atom. The van der Waals surface area contributed by atoms with Gasteiger partial charge in [-0.25, -0.2) is 0 Å². The normalized spacial score (nSPS) is 11.2. The van der Waals surface area contributed by atoms with Gasteiger partial charge >= 0.3 is 0 Å². The molecule has 1 unspecified atom stereocenters. The van der Waals surface area contributed by atoms with Crippen molar-refractivity contribution >= 4 is 52.1 Å². The smallest absolute Gasteiger partial charge is 0.237 e. The van der Waals surface area contributed by atoms with Crippen LogP contribution in [0.3, 0.4) is 0 Å². The molecule has 9 heteroatoms. The molecule has 7 nitrogen and oxygen atoms in total. The van der Waals surface area contributed by atoms with Crippen molar-refractivity contribution < 1.29 is 19.0 Å². The Labute approximate surface area is 209 Å². The number of nitrogens with one attached hydrogen (secondary N) is 3. The first-order valence-corrected chi connectivity index (χ1v) is 11.7. The van der Waals surface area contributed by atoms with Crippen LogP contribution >= 0.6 is 24.0 Å². The van der Waals surface area contributed by atoms with Crippen LogP contribution in [-0.4, -0.2) is 37.6 Å². The maximum Gasteiger partial charge on any atom is 0.237 e. The third kappa shape index (κ3) is 6.79. The van der Waals surface area contributed by atoms with Crippen molar-refractivity contribution in [1.82, 2.24) is 0 Å². The molecule has 0 aliphatic carbocycles. The highest BCUT2D eigenvalue weighted by Crippen LogP contribution is 2.31. The molecule has 3 aromatic carbocycles. The van der Waals surface area contributed by atoms with Crippen LogP contribution in [0, 0.1) is 0 Å². The molecular weight excluding hydrogens is 470 g/mol. The number of methoxy groups -OCH3 is 3. The number of thiocarbonyl (C=S) groups is 1. The maximum atomic E-state index is 12.8. The average Bonchev–Trinajstić information content (AvgIpc) is 2.84. The highest BCUT2D eigenvalue weighted by Gasteiger charge is 2.17. The summed E-state index contributed by atoms with van der Waals surface area (Å²) < 4.78 is 15.9. The van der Waals surface area contributed by atoms with Crippen LogP contribution in [0.2, 0.25) is 0 Å². The van der Waals surface area contributed by atoms with E-state index >= 15 is 0 Å². The zero-order chi connectivity index (χ0) is 24.5. The topological polar surface area (TPSA) is 80.9 Å². The number of thioether (sulfide) groups is 1. The Morgan fingerprint density at radius 1 is 0.824 bits per heavy atom. The number of anilines is 3. The van der Waals surface area contributed by atoms with Crippen molar-refractivity contribution in [1.29, 1.82) is 0 Å². The van der Waals surface area contributed by atoms with Crippen molar-refractivity contribution in [2.24, 2.45) is 0 Å². The fraction of sp³-hybridized carbons (Fsp3) is 0.200.